The fraction of sp³-hybridized carbons (Fsp3) is 0.444. The molecule has 2 N–H and O–H groups in total. The standard InChI is InChI=1S/C27H35N3O6/c1-34-18-6-15-28-26(32)24(29-25(31)20-9-11-21(35-2)12-10-20)19-13-16-30(17-14-19)27(33)22-7-4-5-8-23(22)36-3/h4-5,7-12,19,24H,6,13-18H2,1-3H3,(H,28,32)(H,29,31). The summed E-state index contributed by atoms with van der Waals surface area (Å²) in [4.78, 5) is 40.9. The van der Waals surface area contributed by atoms with Crippen molar-refractivity contribution in [2.75, 3.05) is 47.6 Å². The number of nitrogens with zero attached hydrogens (tertiary/aromatic N) is 1. The lowest BCUT2D eigenvalue weighted by Crippen LogP contribution is -2.54. The molecular formula is C27H35N3O6. The quantitative estimate of drug-likeness (QED) is 0.462. The molecule has 1 atom stereocenters. The highest BCUT2D eigenvalue weighted by atomic mass is 16.5. The van der Waals surface area contributed by atoms with Crippen molar-refractivity contribution in [3.8, 4) is 11.5 Å². The summed E-state index contributed by atoms with van der Waals surface area (Å²) in [5.74, 6) is 0.394. The summed E-state index contributed by atoms with van der Waals surface area (Å²) in [5.41, 5.74) is 0.954. The van der Waals surface area contributed by atoms with Crippen LogP contribution < -0.4 is 20.1 Å². The third-order valence-corrected chi connectivity index (χ3v) is 6.38. The van der Waals surface area contributed by atoms with Crippen LogP contribution in [0.3, 0.4) is 0 Å². The van der Waals surface area contributed by atoms with Crippen molar-refractivity contribution < 1.29 is 28.6 Å². The van der Waals surface area contributed by atoms with Crippen LogP contribution in [0, 0.1) is 5.92 Å². The van der Waals surface area contributed by atoms with Crippen LogP contribution in [0.2, 0.25) is 0 Å². The summed E-state index contributed by atoms with van der Waals surface area (Å²) >= 11 is 0. The molecule has 1 aliphatic rings. The van der Waals surface area contributed by atoms with Gasteiger partial charge in [-0.3, -0.25) is 14.4 Å². The molecule has 2 aromatic carbocycles. The van der Waals surface area contributed by atoms with Crippen molar-refractivity contribution in [2.45, 2.75) is 25.3 Å². The number of piperidine rings is 1. The molecule has 3 amide bonds. The molecule has 0 spiro atoms. The van der Waals surface area contributed by atoms with E-state index in [2.05, 4.69) is 10.6 Å². The molecule has 0 aliphatic carbocycles. The fourth-order valence-electron chi connectivity index (χ4n) is 4.33. The van der Waals surface area contributed by atoms with Gasteiger partial charge < -0.3 is 29.7 Å². The van der Waals surface area contributed by atoms with E-state index in [4.69, 9.17) is 14.2 Å². The number of amides is 3. The number of carbonyl (C=O) groups excluding carboxylic acids is 3. The summed E-state index contributed by atoms with van der Waals surface area (Å²) in [5, 5.41) is 5.84. The van der Waals surface area contributed by atoms with Gasteiger partial charge in [-0.05, 0) is 61.6 Å². The van der Waals surface area contributed by atoms with Gasteiger partial charge in [-0.25, -0.2) is 0 Å². The van der Waals surface area contributed by atoms with Crippen LogP contribution >= 0.6 is 0 Å². The van der Waals surface area contributed by atoms with E-state index in [1.807, 2.05) is 6.07 Å². The smallest absolute Gasteiger partial charge is 0.257 e. The van der Waals surface area contributed by atoms with E-state index in [1.54, 1.807) is 68.7 Å². The normalized spacial score (nSPS) is 14.6. The molecular weight excluding hydrogens is 462 g/mol. The number of para-hydroxylation sites is 1. The summed E-state index contributed by atoms with van der Waals surface area (Å²) < 4.78 is 15.5. The van der Waals surface area contributed by atoms with Crippen LogP contribution in [0.15, 0.2) is 48.5 Å². The first-order chi connectivity index (χ1) is 17.5. The van der Waals surface area contributed by atoms with Crippen LogP contribution in [0.1, 0.15) is 40.0 Å². The number of benzene rings is 2. The Bertz CT molecular complexity index is 1020. The fourth-order valence-corrected chi connectivity index (χ4v) is 4.33. The van der Waals surface area contributed by atoms with Crippen molar-refractivity contribution in [2.24, 2.45) is 5.92 Å². The third-order valence-electron chi connectivity index (χ3n) is 6.38. The SMILES string of the molecule is COCCCNC(=O)C(NC(=O)c1ccc(OC)cc1)C1CCN(C(=O)c2ccccc2OC)CC1. The average Bonchev–Trinajstić information content (AvgIpc) is 2.93. The molecule has 9 heteroatoms. The minimum atomic E-state index is -0.717. The van der Waals surface area contributed by atoms with Gasteiger partial charge in [0.25, 0.3) is 11.8 Å². The molecule has 9 nitrogen and oxygen atoms in total. The molecule has 1 heterocycles. The van der Waals surface area contributed by atoms with Gasteiger partial charge in [-0.1, -0.05) is 12.1 Å². The van der Waals surface area contributed by atoms with Gasteiger partial charge in [-0.2, -0.15) is 0 Å². The molecule has 194 valence electrons. The van der Waals surface area contributed by atoms with Gasteiger partial charge in [0.15, 0.2) is 0 Å². The maximum absolute atomic E-state index is 13.1. The molecule has 2 aromatic rings. The largest absolute Gasteiger partial charge is 0.497 e. The van der Waals surface area contributed by atoms with E-state index in [1.165, 1.54) is 0 Å². The Morgan fingerprint density at radius 1 is 0.972 bits per heavy atom. The predicted molar refractivity (Wildman–Crippen MR) is 135 cm³/mol. The van der Waals surface area contributed by atoms with Crippen LogP contribution in [0.4, 0.5) is 0 Å². The number of nitrogens with one attached hydrogen (secondary N) is 2. The number of hydrogen-bond donors (Lipinski definition) is 2. The van der Waals surface area contributed by atoms with Crippen molar-refractivity contribution in [1.82, 2.24) is 15.5 Å². The third kappa shape index (κ3) is 6.97. The van der Waals surface area contributed by atoms with Gasteiger partial charge in [-0.15, -0.1) is 0 Å². The highest BCUT2D eigenvalue weighted by Crippen LogP contribution is 2.26. The number of ether oxygens (including phenoxy) is 3. The lowest BCUT2D eigenvalue weighted by atomic mass is 9.88. The zero-order valence-electron chi connectivity index (χ0n) is 21.1. The first kappa shape index (κ1) is 27.0. The zero-order valence-corrected chi connectivity index (χ0v) is 21.1. The highest BCUT2D eigenvalue weighted by Gasteiger charge is 2.34. The minimum absolute atomic E-state index is 0.103. The minimum Gasteiger partial charge on any atom is -0.497 e. The number of rotatable bonds is 11. The second-order valence-electron chi connectivity index (χ2n) is 8.65. The van der Waals surface area contributed by atoms with E-state index in [0.717, 1.165) is 0 Å². The lowest BCUT2D eigenvalue weighted by Gasteiger charge is -2.36. The van der Waals surface area contributed by atoms with E-state index < -0.39 is 6.04 Å². The lowest BCUT2D eigenvalue weighted by molar-refractivity contribution is -0.124. The van der Waals surface area contributed by atoms with E-state index in [0.29, 0.717) is 68.1 Å². The molecule has 1 unspecified atom stereocenters. The maximum atomic E-state index is 13.1. The second-order valence-corrected chi connectivity index (χ2v) is 8.65. The van der Waals surface area contributed by atoms with Gasteiger partial charge in [0.2, 0.25) is 5.91 Å². The van der Waals surface area contributed by atoms with Crippen molar-refractivity contribution >= 4 is 17.7 Å². The number of likely N-dealkylation sites (tertiary alicyclic amines) is 1. The van der Waals surface area contributed by atoms with Gasteiger partial charge in [0, 0.05) is 38.9 Å². The highest BCUT2D eigenvalue weighted by molar-refractivity contribution is 5.98. The van der Waals surface area contributed by atoms with Crippen molar-refractivity contribution in [1.29, 1.82) is 0 Å². The first-order valence-electron chi connectivity index (χ1n) is 12.1. The van der Waals surface area contributed by atoms with Crippen molar-refractivity contribution in [3.05, 3.63) is 59.7 Å². The Morgan fingerprint density at radius 3 is 2.31 bits per heavy atom. The Morgan fingerprint density at radius 2 is 1.67 bits per heavy atom. The molecule has 0 bridgehead atoms. The van der Waals surface area contributed by atoms with E-state index >= 15 is 0 Å². The van der Waals surface area contributed by atoms with E-state index in [9.17, 15) is 14.4 Å². The Hall–Kier alpha value is -3.59. The average molecular weight is 498 g/mol. The second kappa shape index (κ2) is 13.5. The molecule has 36 heavy (non-hydrogen) atoms. The van der Waals surface area contributed by atoms with Crippen LogP contribution in [-0.4, -0.2) is 76.2 Å². The Labute approximate surface area is 212 Å². The Kier molecular flexibility index (Phi) is 10.1. The molecule has 0 radical (unpaired) electrons. The number of carbonyl (C=O) groups is 3. The van der Waals surface area contributed by atoms with Gasteiger partial charge >= 0.3 is 0 Å². The Balaban J connectivity index is 1.68. The zero-order chi connectivity index (χ0) is 25.9. The number of methoxy groups -OCH3 is 3. The molecule has 3 rings (SSSR count). The van der Waals surface area contributed by atoms with Crippen molar-refractivity contribution in [3.63, 3.8) is 0 Å². The molecule has 1 aliphatic heterocycles. The summed E-state index contributed by atoms with van der Waals surface area (Å²) in [7, 11) is 4.71. The predicted octanol–water partition coefficient (Wildman–Crippen LogP) is 2.51. The monoisotopic (exact) mass is 497 g/mol. The molecule has 0 aromatic heterocycles. The summed E-state index contributed by atoms with van der Waals surface area (Å²) in [6.45, 7) is 1.94. The molecule has 1 fully saturated rings. The summed E-state index contributed by atoms with van der Waals surface area (Å²) in [6.07, 6.45) is 1.84. The first-order valence-corrected chi connectivity index (χ1v) is 12.1. The van der Waals surface area contributed by atoms with Gasteiger partial charge in [0.05, 0.1) is 19.8 Å². The maximum Gasteiger partial charge on any atom is 0.257 e. The van der Waals surface area contributed by atoms with Crippen LogP contribution in [0.25, 0.3) is 0 Å². The van der Waals surface area contributed by atoms with Gasteiger partial charge in [0.1, 0.15) is 17.5 Å². The molecule has 0 saturated carbocycles. The topological polar surface area (TPSA) is 106 Å². The van der Waals surface area contributed by atoms with Crippen LogP contribution in [-0.2, 0) is 9.53 Å². The van der Waals surface area contributed by atoms with Crippen LogP contribution in [0.5, 0.6) is 11.5 Å². The number of hydrogen-bond acceptors (Lipinski definition) is 6. The summed E-state index contributed by atoms with van der Waals surface area (Å²) in [6, 6.07) is 13.2. The van der Waals surface area contributed by atoms with E-state index in [-0.39, 0.29) is 23.6 Å². The molecule has 1 saturated heterocycles.